The first-order chi connectivity index (χ1) is 13.1. The fourth-order valence-electron chi connectivity index (χ4n) is 4.47. The summed E-state index contributed by atoms with van der Waals surface area (Å²) < 4.78 is 5.50. The van der Waals surface area contributed by atoms with E-state index >= 15 is 0 Å². The Morgan fingerprint density at radius 3 is 2.00 bits per heavy atom. The Bertz CT molecular complexity index is 600. The molecule has 0 amide bonds. The van der Waals surface area contributed by atoms with Crippen molar-refractivity contribution in [2.45, 2.75) is 78.6 Å². The lowest BCUT2D eigenvalue weighted by molar-refractivity contribution is -0.140. The Morgan fingerprint density at radius 1 is 0.963 bits per heavy atom. The number of nitrogens with zero attached hydrogens (tertiary/aromatic N) is 1. The van der Waals surface area contributed by atoms with E-state index in [4.69, 9.17) is 10.00 Å². The largest absolute Gasteiger partial charge is 0.426 e. The Balaban J connectivity index is 0.00000126. The van der Waals surface area contributed by atoms with Crippen LogP contribution in [0.5, 0.6) is 5.75 Å². The molecule has 2 saturated carbocycles. The number of esters is 1. The molecule has 2 aliphatic carbocycles. The summed E-state index contributed by atoms with van der Waals surface area (Å²) in [7, 11) is 0. The van der Waals surface area contributed by atoms with Crippen LogP contribution in [0.25, 0.3) is 0 Å². The molecule has 0 aromatic heterocycles. The summed E-state index contributed by atoms with van der Waals surface area (Å²) in [5.74, 6) is 3.13. The molecule has 3 nitrogen and oxygen atoms in total. The normalized spacial score (nSPS) is 27.6. The molecule has 0 bridgehead atoms. The molecule has 1 aromatic carbocycles. The number of ether oxygens (including phenoxy) is 1. The van der Waals surface area contributed by atoms with Crippen LogP contribution in [0.2, 0.25) is 0 Å². The van der Waals surface area contributed by atoms with Gasteiger partial charge in [-0.2, -0.15) is 5.26 Å². The van der Waals surface area contributed by atoms with E-state index in [1.165, 1.54) is 44.9 Å². The van der Waals surface area contributed by atoms with Gasteiger partial charge in [0.2, 0.25) is 0 Å². The smallest absolute Gasteiger partial charge is 0.314 e. The lowest BCUT2D eigenvalue weighted by atomic mass is 9.73. The summed E-state index contributed by atoms with van der Waals surface area (Å²) in [5, 5.41) is 8.81. The molecule has 0 unspecified atom stereocenters. The van der Waals surface area contributed by atoms with Crippen LogP contribution in [0.1, 0.15) is 84.1 Å². The highest BCUT2D eigenvalue weighted by atomic mass is 16.5. The van der Waals surface area contributed by atoms with Crippen molar-refractivity contribution in [3.05, 3.63) is 29.8 Å². The van der Waals surface area contributed by atoms with Gasteiger partial charge in [-0.25, -0.2) is 0 Å². The Kier molecular flexibility index (Phi) is 8.85. The molecule has 2 fully saturated rings. The molecule has 2 aliphatic rings. The van der Waals surface area contributed by atoms with Gasteiger partial charge in [0, 0.05) is 0 Å². The Morgan fingerprint density at radius 2 is 1.48 bits per heavy atom. The first-order valence-corrected chi connectivity index (χ1v) is 10.9. The number of hydrogen-bond acceptors (Lipinski definition) is 3. The maximum Gasteiger partial charge on any atom is 0.314 e. The molecule has 0 radical (unpaired) electrons. The highest BCUT2D eigenvalue weighted by Gasteiger charge is 2.30. The van der Waals surface area contributed by atoms with E-state index in [0.29, 0.717) is 11.3 Å². The zero-order valence-corrected chi connectivity index (χ0v) is 17.2. The van der Waals surface area contributed by atoms with Crippen molar-refractivity contribution < 1.29 is 9.53 Å². The van der Waals surface area contributed by atoms with Gasteiger partial charge in [-0.15, -0.1) is 0 Å². The van der Waals surface area contributed by atoms with E-state index in [-0.39, 0.29) is 11.9 Å². The van der Waals surface area contributed by atoms with Crippen molar-refractivity contribution in [1.29, 1.82) is 5.26 Å². The van der Waals surface area contributed by atoms with Gasteiger partial charge in [-0.05, 0) is 74.1 Å². The molecule has 0 saturated heterocycles. The van der Waals surface area contributed by atoms with Gasteiger partial charge in [0.05, 0.1) is 17.6 Å². The number of rotatable bonds is 4. The fourth-order valence-corrected chi connectivity index (χ4v) is 4.47. The molecular weight excluding hydrogens is 334 g/mol. The van der Waals surface area contributed by atoms with Crippen LogP contribution in [0, 0.1) is 35.0 Å². The number of carbonyl (C=O) groups is 1. The summed E-state index contributed by atoms with van der Waals surface area (Å²) in [4.78, 5) is 12.4. The van der Waals surface area contributed by atoms with Gasteiger partial charge < -0.3 is 4.74 Å². The van der Waals surface area contributed by atoms with Crippen LogP contribution in [0.4, 0.5) is 0 Å². The minimum Gasteiger partial charge on any atom is -0.426 e. The minimum absolute atomic E-state index is 0.0401. The molecule has 0 spiro atoms. The molecule has 148 valence electrons. The number of hydrogen-bond donors (Lipinski definition) is 0. The average molecular weight is 370 g/mol. The summed E-state index contributed by atoms with van der Waals surface area (Å²) >= 11 is 0. The second-order valence-corrected chi connectivity index (χ2v) is 8.14. The van der Waals surface area contributed by atoms with Gasteiger partial charge in [0.15, 0.2) is 0 Å². The second kappa shape index (κ2) is 11.1. The number of benzene rings is 1. The summed E-state index contributed by atoms with van der Waals surface area (Å²) in [6, 6.07) is 8.84. The predicted molar refractivity (Wildman–Crippen MR) is 109 cm³/mol. The fraction of sp³-hybridized carbons (Fsp3) is 0.667. The topological polar surface area (TPSA) is 50.1 Å². The number of nitriles is 1. The maximum atomic E-state index is 12.4. The molecule has 0 N–H and O–H groups in total. The van der Waals surface area contributed by atoms with Crippen LogP contribution < -0.4 is 4.74 Å². The van der Waals surface area contributed by atoms with Gasteiger partial charge in [0.25, 0.3) is 0 Å². The van der Waals surface area contributed by atoms with Crippen molar-refractivity contribution in [2.75, 3.05) is 0 Å². The zero-order chi connectivity index (χ0) is 19.6. The SMILES string of the molecule is CC.CC1CCC(CC2CCC(C(=O)Oc3ccc(C#N)cc3)CC2)CC1. The standard InChI is InChI=1S/C22H29NO2.C2H6/c1-16-2-4-17(5-3-16)14-18-6-10-20(11-7-18)22(24)25-21-12-8-19(15-23)9-13-21;1-2/h8-9,12-13,16-18,20H,2-7,10-11,14H2,1H3;1-2H3. The zero-order valence-electron chi connectivity index (χ0n) is 17.2. The van der Waals surface area contributed by atoms with E-state index < -0.39 is 0 Å². The minimum atomic E-state index is -0.102. The van der Waals surface area contributed by atoms with Crippen LogP contribution in [-0.2, 0) is 4.79 Å². The van der Waals surface area contributed by atoms with Gasteiger partial charge in [-0.3, -0.25) is 4.79 Å². The van der Waals surface area contributed by atoms with Crippen molar-refractivity contribution in [2.24, 2.45) is 23.7 Å². The lowest BCUT2D eigenvalue weighted by Crippen LogP contribution is -2.27. The molecule has 0 heterocycles. The quantitative estimate of drug-likeness (QED) is 0.449. The number of carbonyl (C=O) groups excluding carboxylic acids is 1. The van der Waals surface area contributed by atoms with Crippen LogP contribution >= 0.6 is 0 Å². The van der Waals surface area contributed by atoms with Crippen LogP contribution in [-0.4, -0.2) is 5.97 Å². The van der Waals surface area contributed by atoms with Crippen molar-refractivity contribution in [1.82, 2.24) is 0 Å². The molecule has 27 heavy (non-hydrogen) atoms. The summed E-state index contributed by atoms with van der Waals surface area (Å²) in [5.41, 5.74) is 0.581. The Labute approximate surface area is 165 Å². The third-order valence-corrected chi connectivity index (χ3v) is 6.18. The van der Waals surface area contributed by atoms with E-state index in [1.807, 2.05) is 13.8 Å². The van der Waals surface area contributed by atoms with Crippen molar-refractivity contribution in [3.8, 4) is 11.8 Å². The molecule has 3 rings (SSSR count). The lowest BCUT2D eigenvalue weighted by Gasteiger charge is -2.32. The molecule has 0 aliphatic heterocycles. The molecular formula is C24H35NO2. The predicted octanol–water partition coefficient (Wildman–Crippen LogP) is 6.51. The van der Waals surface area contributed by atoms with E-state index in [1.54, 1.807) is 24.3 Å². The maximum absolute atomic E-state index is 12.4. The third-order valence-electron chi connectivity index (χ3n) is 6.18. The van der Waals surface area contributed by atoms with Gasteiger partial charge >= 0.3 is 5.97 Å². The average Bonchev–Trinajstić information content (AvgIpc) is 2.72. The molecule has 3 heteroatoms. The van der Waals surface area contributed by atoms with Crippen LogP contribution in [0.15, 0.2) is 24.3 Å². The third kappa shape index (κ3) is 6.69. The first kappa shape index (κ1) is 21.5. The van der Waals surface area contributed by atoms with E-state index in [0.717, 1.165) is 30.6 Å². The summed E-state index contributed by atoms with van der Waals surface area (Å²) in [6.45, 7) is 6.38. The first-order valence-electron chi connectivity index (χ1n) is 10.9. The van der Waals surface area contributed by atoms with E-state index in [9.17, 15) is 4.79 Å². The van der Waals surface area contributed by atoms with Crippen LogP contribution in [0.3, 0.4) is 0 Å². The van der Waals surface area contributed by atoms with E-state index in [2.05, 4.69) is 13.0 Å². The van der Waals surface area contributed by atoms with Crippen molar-refractivity contribution >= 4 is 5.97 Å². The second-order valence-electron chi connectivity index (χ2n) is 8.14. The van der Waals surface area contributed by atoms with Crippen molar-refractivity contribution in [3.63, 3.8) is 0 Å². The van der Waals surface area contributed by atoms with Gasteiger partial charge in [-0.1, -0.05) is 46.5 Å². The van der Waals surface area contributed by atoms with Gasteiger partial charge in [0.1, 0.15) is 5.75 Å². The Hall–Kier alpha value is -1.82. The highest BCUT2D eigenvalue weighted by Crippen LogP contribution is 2.38. The highest BCUT2D eigenvalue weighted by molar-refractivity contribution is 5.75. The monoisotopic (exact) mass is 369 g/mol. The summed E-state index contributed by atoms with van der Waals surface area (Å²) in [6.07, 6.45) is 11.2. The molecule has 0 atom stereocenters. The molecule has 1 aromatic rings.